The molecule has 8 aliphatic heterocycles. The number of ether oxygens (including phenoxy) is 14. The summed E-state index contributed by atoms with van der Waals surface area (Å²) in [5, 5.41) is 189. The van der Waals surface area contributed by atoms with E-state index in [1.165, 1.54) is 13.8 Å². The van der Waals surface area contributed by atoms with E-state index in [0.717, 1.165) is 58.0 Å². The molecular weight excluding hydrogens is 1250 g/mol. The summed E-state index contributed by atoms with van der Waals surface area (Å²) in [6.07, 6.45) is -46.0. The van der Waals surface area contributed by atoms with E-state index in [2.05, 4.69) is 27.7 Å². The van der Waals surface area contributed by atoms with Crippen molar-refractivity contribution in [3.8, 4) is 0 Å². The number of aliphatic hydroxyl groups excluding tert-OH is 17. The quantitative estimate of drug-likeness (QED) is 0.0642. The molecule has 542 valence electrons. The Morgan fingerprint density at radius 2 is 0.851 bits per heavy atom. The van der Waals surface area contributed by atoms with Crippen molar-refractivity contribution in [1.82, 2.24) is 0 Å². The summed E-state index contributed by atoms with van der Waals surface area (Å²) >= 11 is 0. The zero-order valence-electron chi connectivity index (χ0n) is 53.9. The lowest BCUT2D eigenvalue weighted by atomic mass is 9.44. The van der Waals surface area contributed by atoms with Crippen LogP contribution in [0.1, 0.15) is 106 Å². The minimum Gasteiger partial charge on any atom is -0.394 e. The van der Waals surface area contributed by atoms with Gasteiger partial charge in [-0.3, -0.25) is 0 Å². The average molecular weight is 1360 g/mol. The molecule has 42 atom stereocenters. The number of aliphatic hydroxyl groups is 17. The molecule has 4 saturated carbocycles. The van der Waals surface area contributed by atoms with Gasteiger partial charge in [-0.25, -0.2) is 0 Å². The fraction of sp³-hybridized carbons (Fsp3) is 1.00. The van der Waals surface area contributed by atoms with E-state index in [9.17, 15) is 86.8 Å². The molecule has 0 aromatic carbocycles. The summed E-state index contributed by atoms with van der Waals surface area (Å²) in [4.78, 5) is 0. The topological polar surface area (TPSA) is 473 Å². The zero-order valence-corrected chi connectivity index (χ0v) is 53.9. The predicted octanol–water partition coefficient (Wildman–Crippen LogP) is -5.21. The first-order valence-electron chi connectivity index (χ1n) is 34.1. The van der Waals surface area contributed by atoms with Crippen LogP contribution in [0.5, 0.6) is 0 Å². The molecule has 17 N–H and O–H groups in total. The molecule has 4 aliphatic carbocycles. The largest absolute Gasteiger partial charge is 0.394 e. The second-order valence-corrected chi connectivity index (χ2v) is 29.9. The van der Waals surface area contributed by atoms with Crippen LogP contribution in [-0.4, -0.2) is 322 Å². The van der Waals surface area contributed by atoms with Crippen molar-refractivity contribution < 1.29 is 153 Å². The molecule has 0 radical (unpaired) electrons. The molecule has 12 aliphatic rings. The van der Waals surface area contributed by atoms with E-state index in [-0.39, 0.29) is 22.9 Å². The lowest BCUT2D eigenvalue weighted by Crippen LogP contribution is -2.69. The summed E-state index contributed by atoms with van der Waals surface area (Å²) < 4.78 is 86.0. The van der Waals surface area contributed by atoms with Gasteiger partial charge in [0, 0.05) is 12.3 Å². The van der Waals surface area contributed by atoms with Gasteiger partial charge in [-0.1, -0.05) is 27.7 Å². The van der Waals surface area contributed by atoms with Crippen LogP contribution < -0.4 is 0 Å². The molecule has 0 aromatic heterocycles. The SMILES string of the molecule is C[C@@H]1CC[C@@]2(OC1)OC1CC3C4CC[C@H]5C[C@@H](O[C@@H]6O[C@H](CO)[C@H](O[C@@H]7O[C@H](CO)[C@@H](O)[C@H](O[C@@H]8O[C@H](CO)[C@@H](O[C@@H]9O[C@@H](C)[C@H](O)[C@@H](O)[C@H]9O)[C@H](O)[C@H]8O)[C@H]7O[C@@H]7O[C@H](CO)[C@@H](O)[C@H](O[C@@H]8O[C@@H](C)[C@H](O)[C@@H](O)[C@H]8O)[C@H]7O)[C@H](O)[C@H]6O)CC[C@]5(C)C4CC[C@]3(C)C1[C@@H]2C. The highest BCUT2D eigenvalue weighted by Gasteiger charge is 2.70. The van der Waals surface area contributed by atoms with Crippen molar-refractivity contribution in [2.75, 3.05) is 33.0 Å². The summed E-state index contributed by atoms with van der Waals surface area (Å²) in [6.45, 7) is 9.08. The van der Waals surface area contributed by atoms with E-state index < -0.39 is 223 Å². The highest BCUT2D eigenvalue weighted by Crippen LogP contribution is 2.71. The number of fused-ring (bicyclic) bond motifs is 7. The molecule has 5 unspecified atom stereocenters. The maximum absolute atomic E-state index is 12.2. The van der Waals surface area contributed by atoms with E-state index in [1.807, 2.05) is 0 Å². The minimum atomic E-state index is -2.22. The normalized spacial score (nSPS) is 57.8. The molecule has 1 spiro atoms. The molecule has 8 heterocycles. The predicted molar refractivity (Wildman–Crippen MR) is 311 cm³/mol. The van der Waals surface area contributed by atoms with Gasteiger partial charge in [0.25, 0.3) is 0 Å². The van der Waals surface area contributed by atoms with Crippen LogP contribution in [-0.2, 0) is 66.3 Å². The van der Waals surface area contributed by atoms with Crippen molar-refractivity contribution in [1.29, 1.82) is 0 Å². The molecule has 0 amide bonds. The molecule has 8 saturated heterocycles. The van der Waals surface area contributed by atoms with Crippen LogP contribution in [0.4, 0.5) is 0 Å². The molecule has 0 bridgehead atoms. The van der Waals surface area contributed by atoms with Gasteiger partial charge < -0.3 is 153 Å². The molecule has 31 heteroatoms. The first-order chi connectivity index (χ1) is 44.6. The Morgan fingerprint density at radius 1 is 0.383 bits per heavy atom. The van der Waals surface area contributed by atoms with Gasteiger partial charge >= 0.3 is 0 Å². The van der Waals surface area contributed by atoms with E-state index in [0.29, 0.717) is 48.3 Å². The van der Waals surface area contributed by atoms with Gasteiger partial charge in [0.05, 0.1) is 57.5 Å². The van der Waals surface area contributed by atoms with Gasteiger partial charge in [-0.15, -0.1) is 0 Å². The molecular formula is C63H104O31. The lowest BCUT2D eigenvalue weighted by Gasteiger charge is -2.61. The Labute approximate surface area is 544 Å². The first-order valence-corrected chi connectivity index (χ1v) is 34.1. The summed E-state index contributed by atoms with van der Waals surface area (Å²) in [7, 11) is 0. The van der Waals surface area contributed by atoms with Crippen LogP contribution in [0.15, 0.2) is 0 Å². The maximum Gasteiger partial charge on any atom is 0.187 e. The first kappa shape index (κ1) is 72.5. The fourth-order valence-electron chi connectivity index (χ4n) is 19.0. The van der Waals surface area contributed by atoms with Crippen LogP contribution in [0, 0.1) is 52.3 Å². The second-order valence-electron chi connectivity index (χ2n) is 29.9. The van der Waals surface area contributed by atoms with Gasteiger partial charge in [0.1, 0.15) is 134 Å². The zero-order chi connectivity index (χ0) is 67.5. The molecule has 12 fully saturated rings. The Kier molecular flexibility index (Phi) is 22.0. The van der Waals surface area contributed by atoms with E-state index in [4.69, 9.17) is 66.3 Å². The Morgan fingerprint density at radius 3 is 1.41 bits per heavy atom. The lowest BCUT2D eigenvalue weighted by molar-refractivity contribution is -0.414. The van der Waals surface area contributed by atoms with Gasteiger partial charge in [-0.2, -0.15) is 0 Å². The third kappa shape index (κ3) is 12.8. The Balaban J connectivity index is 0.760. The van der Waals surface area contributed by atoms with Crippen LogP contribution in [0.2, 0.25) is 0 Å². The Hall–Kier alpha value is -1.24. The fourth-order valence-corrected chi connectivity index (χ4v) is 19.0. The number of hydrogen-bond acceptors (Lipinski definition) is 31. The van der Waals surface area contributed by atoms with Gasteiger partial charge in [-0.05, 0) is 118 Å². The van der Waals surface area contributed by atoms with Crippen LogP contribution >= 0.6 is 0 Å². The smallest absolute Gasteiger partial charge is 0.187 e. The van der Waals surface area contributed by atoms with Crippen molar-refractivity contribution in [3.63, 3.8) is 0 Å². The summed E-state index contributed by atoms with van der Waals surface area (Å²) in [6, 6.07) is 0. The molecule has 31 nitrogen and oxygen atoms in total. The highest BCUT2D eigenvalue weighted by atomic mass is 16.8. The van der Waals surface area contributed by atoms with Crippen molar-refractivity contribution in [2.24, 2.45) is 52.3 Å². The van der Waals surface area contributed by atoms with E-state index in [1.54, 1.807) is 0 Å². The van der Waals surface area contributed by atoms with Crippen LogP contribution in [0.3, 0.4) is 0 Å². The third-order valence-corrected chi connectivity index (χ3v) is 24.5. The molecule has 0 aromatic rings. The third-order valence-electron chi connectivity index (χ3n) is 24.5. The summed E-state index contributed by atoms with van der Waals surface area (Å²) in [5.74, 6) is 2.65. The van der Waals surface area contributed by atoms with E-state index >= 15 is 0 Å². The van der Waals surface area contributed by atoms with Crippen LogP contribution in [0.25, 0.3) is 0 Å². The number of hydrogen-bond donors (Lipinski definition) is 17. The molecule has 94 heavy (non-hydrogen) atoms. The van der Waals surface area contributed by atoms with Gasteiger partial charge in [0.15, 0.2) is 43.5 Å². The summed E-state index contributed by atoms with van der Waals surface area (Å²) in [5.41, 5.74) is 0.166. The standard InChI is InChI=1S/C63H104O31/c1-22-9-14-63(81-21-22)23(2)36-31(94-63)16-30-28-8-7-26-15-27(10-12-61(26,5)29(28)11-13-62(30,36)6)84-57-47(78)43(74)51(35(20-67)87-57)90-60-54(93-59-49(80)52(39(70)32(17-64)85-59)91-56-46(77)42(73)38(69)25(4)83-56)53(40(71)33(18-65)86-60)92-58-48(79)44(75)50(34(19-66)88-58)89-55-45(76)41(72)37(68)24(3)82-55/h22-60,64-80H,7-21H2,1-6H3/t22-,23+,24+,25+,26+,27+,28?,29?,30?,31?,32-,33-,34-,35-,36?,37+,38+,39-,40-,41-,42-,43-,44-,45-,46-,47-,48-,49-,50-,51+,52+,53+,54-,55+,56+,57-,58+,59+,60+,61+,62+,63-/m1/s1. The average Bonchev–Trinajstić information content (AvgIpc) is 1.50. The molecule has 12 rings (SSSR count). The van der Waals surface area contributed by atoms with Crippen molar-refractivity contribution >= 4 is 0 Å². The Bertz CT molecular complexity index is 2490. The minimum absolute atomic E-state index is 0.0178. The van der Waals surface area contributed by atoms with Crippen molar-refractivity contribution in [3.05, 3.63) is 0 Å². The van der Waals surface area contributed by atoms with Crippen molar-refractivity contribution in [2.45, 2.75) is 308 Å². The maximum atomic E-state index is 12.2. The second kappa shape index (κ2) is 28.5. The monoisotopic (exact) mass is 1360 g/mol. The van der Waals surface area contributed by atoms with Gasteiger partial charge in [0.2, 0.25) is 0 Å². The highest BCUT2D eigenvalue weighted by molar-refractivity contribution is 5.16. The number of rotatable bonds is 16.